The molecule has 1 fully saturated rings. The first kappa shape index (κ1) is 19.9. The molecule has 0 bridgehead atoms. The number of carbonyl (C=O) groups is 2. The quantitative estimate of drug-likeness (QED) is 0.860. The molecule has 1 N–H and O–H groups in total. The minimum absolute atomic E-state index is 0.00186. The number of amides is 2. The SMILES string of the molecule is COc1cccc(-c2ccc(C(=O)N[C@H]3CCCN(C(=O)C(C)C)C3)cc2)c1. The van der Waals surface area contributed by atoms with Crippen LogP contribution in [-0.4, -0.2) is 43.0 Å². The highest BCUT2D eigenvalue weighted by Gasteiger charge is 2.26. The zero-order valence-electron chi connectivity index (χ0n) is 16.8. The lowest BCUT2D eigenvalue weighted by atomic mass is 10.0. The summed E-state index contributed by atoms with van der Waals surface area (Å²) in [6, 6.07) is 15.4. The number of benzene rings is 2. The third kappa shape index (κ3) is 4.71. The van der Waals surface area contributed by atoms with Gasteiger partial charge in [0.15, 0.2) is 0 Å². The summed E-state index contributed by atoms with van der Waals surface area (Å²) in [5.41, 5.74) is 2.70. The van der Waals surface area contributed by atoms with E-state index in [1.54, 1.807) is 7.11 Å². The summed E-state index contributed by atoms with van der Waals surface area (Å²) in [6.45, 7) is 5.19. The van der Waals surface area contributed by atoms with E-state index >= 15 is 0 Å². The van der Waals surface area contributed by atoms with Crippen LogP contribution in [0, 0.1) is 5.92 Å². The van der Waals surface area contributed by atoms with Gasteiger partial charge in [-0.2, -0.15) is 0 Å². The van der Waals surface area contributed by atoms with Gasteiger partial charge in [0.1, 0.15) is 5.75 Å². The van der Waals surface area contributed by atoms with Gasteiger partial charge < -0.3 is 15.0 Å². The average molecular weight is 380 g/mol. The first-order chi connectivity index (χ1) is 13.5. The molecule has 0 aliphatic carbocycles. The van der Waals surface area contributed by atoms with Crippen molar-refractivity contribution in [2.75, 3.05) is 20.2 Å². The van der Waals surface area contributed by atoms with Crippen LogP contribution in [0.3, 0.4) is 0 Å². The van der Waals surface area contributed by atoms with E-state index < -0.39 is 0 Å². The molecule has 3 rings (SSSR count). The number of ether oxygens (including phenoxy) is 1. The van der Waals surface area contributed by atoms with Gasteiger partial charge in [-0.1, -0.05) is 38.1 Å². The summed E-state index contributed by atoms with van der Waals surface area (Å²) in [7, 11) is 1.65. The Morgan fingerprint density at radius 3 is 2.54 bits per heavy atom. The van der Waals surface area contributed by atoms with Gasteiger partial charge in [-0.15, -0.1) is 0 Å². The summed E-state index contributed by atoms with van der Waals surface area (Å²) in [6.07, 6.45) is 1.81. The zero-order valence-corrected chi connectivity index (χ0v) is 16.8. The van der Waals surface area contributed by atoms with Crippen LogP contribution in [0.25, 0.3) is 11.1 Å². The predicted octanol–water partition coefficient (Wildman–Crippen LogP) is 3.74. The van der Waals surface area contributed by atoms with Crippen molar-refractivity contribution in [1.29, 1.82) is 0 Å². The first-order valence-electron chi connectivity index (χ1n) is 9.82. The van der Waals surface area contributed by atoms with E-state index in [1.165, 1.54) is 0 Å². The number of hydrogen-bond acceptors (Lipinski definition) is 3. The molecular weight excluding hydrogens is 352 g/mol. The largest absolute Gasteiger partial charge is 0.497 e. The summed E-state index contributed by atoms with van der Waals surface area (Å²) < 4.78 is 5.27. The number of nitrogens with zero attached hydrogens (tertiary/aromatic N) is 1. The predicted molar refractivity (Wildman–Crippen MR) is 110 cm³/mol. The van der Waals surface area contributed by atoms with Crippen molar-refractivity contribution in [3.63, 3.8) is 0 Å². The monoisotopic (exact) mass is 380 g/mol. The molecule has 2 amide bonds. The molecule has 2 aromatic carbocycles. The first-order valence-corrected chi connectivity index (χ1v) is 9.82. The Hall–Kier alpha value is -2.82. The molecule has 0 radical (unpaired) electrons. The highest BCUT2D eigenvalue weighted by atomic mass is 16.5. The van der Waals surface area contributed by atoms with E-state index in [2.05, 4.69) is 5.32 Å². The second kappa shape index (κ2) is 8.91. The van der Waals surface area contributed by atoms with Gasteiger partial charge in [0, 0.05) is 30.6 Å². The maximum absolute atomic E-state index is 12.6. The molecule has 148 valence electrons. The third-order valence-electron chi connectivity index (χ3n) is 5.11. The van der Waals surface area contributed by atoms with Gasteiger partial charge in [0.05, 0.1) is 7.11 Å². The topological polar surface area (TPSA) is 58.6 Å². The number of rotatable bonds is 5. The van der Waals surface area contributed by atoms with Crippen LogP contribution < -0.4 is 10.1 Å². The number of methoxy groups -OCH3 is 1. The Morgan fingerprint density at radius 2 is 1.86 bits per heavy atom. The molecule has 1 atom stereocenters. The molecule has 1 aliphatic rings. The molecule has 0 unspecified atom stereocenters. The van der Waals surface area contributed by atoms with Gasteiger partial charge in [-0.3, -0.25) is 9.59 Å². The standard InChI is InChI=1S/C23H28N2O3/c1-16(2)23(27)25-13-5-7-20(15-25)24-22(26)18-11-9-17(10-12-18)19-6-4-8-21(14-19)28-3/h4,6,8-12,14,16,20H,5,7,13,15H2,1-3H3,(H,24,26)/t20-/m0/s1. The molecule has 1 saturated heterocycles. The van der Waals surface area contributed by atoms with Crippen molar-refractivity contribution in [3.8, 4) is 16.9 Å². The van der Waals surface area contributed by atoms with Gasteiger partial charge in [-0.05, 0) is 48.2 Å². The Morgan fingerprint density at radius 1 is 1.11 bits per heavy atom. The van der Waals surface area contributed by atoms with Gasteiger partial charge in [0.25, 0.3) is 5.91 Å². The van der Waals surface area contributed by atoms with Crippen LogP contribution in [-0.2, 0) is 4.79 Å². The maximum Gasteiger partial charge on any atom is 0.251 e. The Kier molecular flexibility index (Phi) is 6.34. The molecule has 0 saturated carbocycles. The van der Waals surface area contributed by atoms with E-state index in [9.17, 15) is 9.59 Å². The van der Waals surface area contributed by atoms with E-state index in [0.29, 0.717) is 12.1 Å². The Bertz CT molecular complexity index is 830. The smallest absolute Gasteiger partial charge is 0.251 e. The van der Waals surface area contributed by atoms with Crippen molar-refractivity contribution in [1.82, 2.24) is 10.2 Å². The Balaban J connectivity index is 1.64. The molecule has 2 aromatic rings. The fraction of sp³-hybridized carbons (Fsp3) is 0.391. The summed E-state index contributed by atoms with van der Waals surface area (Å²) in [4.78, 5) is 26.7. The highest BCUT2D eigenvalue weighted by molar-refractivity contribution is 5.95. The van der Waals surface area contributed by atoms with Gasteiger partial charge in [0.2, 0.25) is 5.91 Å². The molecule has 1 heterocycles. The van der Waals surface area contributed by atoms with Crippen LogP contribution in [0.1, 0.15) is 37.0 Å². The number of likely N-dealkylation sites (tertiary alicyclic amines) is 1. The highest BCUT2D eigenvalue weighted by Crippen LogP contribution is 2.24. The lowest BCUT2D eigenvalue weighted by molar-refractivity contribution is -0.135. The third-order valence-corrected chi connectivity index (χ3v) is 5.11. The van der Waals surface area contributed by atoms with Crippen LogP contribution in [0.2, 0.25) is 0 Å². The molecule has 28 heavy (non-hydrogen) atoms. The minimum atomic E-state index is -0.0963. The Labute approximate surface area is 166 Å². The van der Waals surface area contributed by atoms with E-state index in [1.807, 2.05) is 67.3 Å². The normalized spacial score (nSPS) is 16.7. The summed E-state index contributed by atoms with van der Waals surface area (Å²) in [5, 5.41) is 3.08. The fourth-order valence-corrected chi connectivity index (χ4v) is 3.55. The number of piperidine rings is 1. The summed E-state index contributed by atoms with van der Waals surface area (Å²) >= 11 is 0. The van der Waals surface area contributed by atoms with Gasteiger partial charge in [-0.25, -0.2) is 0 Å². The second-order valence-electron chi connectivity index (χ2n) is 7.56. The molecule has 5 nitrogen and oxygen atoms in total. The van der Waals surface area contributed by atoms with Crippen molar-refractivity contribution in [2.24, 2.45) is 5.92 Å². The van der Waals surface area contributed by atoms with Crippen LogP contribution >= 0.6 is 0 Å². The molecule has 0 aromatic heterocycles. The zero-order chi connectivity index (χ0) is 20.1. The fourth-order valence-electron chi connectivity index (χ4n) is 3.55. The molecular formula is C23H28N2O3. The van der Waals surface area contributed by atoms with Crippen LogP contribution in [0.15, 0.2) is 48.5 Å². The second-order valence-corrected chi connectivity index (χ2v) is 7.56. The van der Waals surface area contributed by atoms with Crippen molar-refractivity contribution < 1.29 is 14.3 Å². The van der Waals surface area contributed by atoms with Crippen molar-refractivity contribution in [2.45, 2.75) is 32.7 Å². The van der Waals surface area contributed by atoms with Crippen LogP contribution in [0.4, 0.5) is 0 Å². The van der Waals surface area contributed by atoms with Gasteiger partial charge >= 0.3 is 0 Å². The van der Waals surface area contributed by atoms with Crippen LogP contribution in [0.5, 0.6) is 5.75 Å². The lowest BCUT2D eigenvalue weighted by Crippen LogP contribution is -2.50. The van der Waals surface area contributed by atoms with E-state index in [-0.39, 0.29) is 23.8 Å². The lowest BCUT2D eigenvalue weighted by Gasteiger charge is -2.34. The van der Waals surface area contributed by atoms with Crippen molar-refractivity contribution >= 4 is 11.8 Å². The summed E-state index contributed by atoms with van der Waals surface area (Å²) in [5.74, 6) is 0.846. The maximum atomic E-state index is 12.6. The van der Waals surface area contributed by atoms with E-state index in [4.69, 9.17) is 4.74 Å². The number of carbonyl (C=O) groups excluding carboxylic acids is 2. The number of nitrogens with one attached hydrogen (secondary N) is 1. The molecule has 1 aliphatic heterocycles. The van der Waals surface area contributed by atoms with E-state index in [0.717, 1.165) is 36.3 Å². The molecule has 5 heteroatoms. The average Bonchev–Trinajstić information content (AvgIpc) is 2.73. The minimum Gasteiger partial charge on any atom is -0.497 e. The van der Waals surface area contributed by atoms with Crippen molar-refractivity contribution in [3.05, 3.63) is 54.1 Å². The number of hydrogen-bond donors (Lipinski definition) is 1. The molecule has 0 spiro atoms.